The van der Waals surface area contributed by atoms with E-state index >= 15 is 0 Å². The van der Waals surface area contributed by atoms with Crippen molar-refractivity contribution in [1.82, 2.24) is 15.0 Å². The van der Waals surface area contributed by atoms with Crippen molar-refractivity contribution in [1.29, 1.82) is 0 Å². The van der Waals surface area contributed by atoms with Crippen molar-refractivity contribution in [2.75, 3.05) is 10.6 Å². The van der Waals surface area contributed by atoms with Crippen LogP contribution in [0.4, 0.5) is 11.8 Å². The first kappa shape index (κ1) is 16.9. The van der Waals surface area contributed by atoms with Crippen LogP contribution in [-0.2, 0) is 6.54 Å². The fourth-order valence-corrected chi connectivity index (χ4v) is 2.37. The molecule has 25 heavy (non-hydrogen) atoms. The van der Waals surface area contributed by atoms with Gasteiger partial charge in [-0.3, -0.25) is 4.98 Å². The highest BCUT2D eigenvalue weighted by Gasteiger charge is 2.08. The summed E-state index contributed by atoms with van der Waals surface area (Å²) in [5.41, 5.74) is 3.13. The van der Waals surface area contributed by atoms with Crippen molar-refractivity contribution >= 4 is 11.8 Å². The van der Waals surface area contributed by atoms with Crippen LogP contribution in [0.2, 0.25) is 0 Å². The van der Waals surface area contributed by atoms with Crippen LogP contribution in [-0.4, -0.2) is 21.0 Å². The Morgan fingerprint density at radius 1 is 1.00 bits per heavy atom. The normalized spacial score (nSPS) is 11.8. The highest BCUT2D eigenvalue weighted by molar-refractivity contribution is 5.64. The molecule has 0 aliphatic carbocycles. The number of pyridine rings is 1. The van der Waals surface area contributed by atoms with Gasteiger partial charge in [-0.05, 0) is 31.0 Å². The summed E-state index contributed by atoms with van der Waals surface area (Å²) >= 11 is 0. The van der Waals surface area contributed by atoms with E-state index < -0.39 is 0 Å². The first-order valence-electron chi connectivity index (χ1n) is 8.58. The average Bonchev–Trinajstić information content (AvgIpc) is 2.67. The Bertz CT molecular complexity index is 790. The molecule has 1 aromatic carbocycles. The number of hydrogen-bond donors (Lipinski definition) is 2. The number of nitrogens with one attached hydrogen (secondary N) is 2. The molecule has 0 aliphatic heterocycles. The van der Waals surface area contributed by atoms with Gasteiger partial charge in [0.15, 0.2) is 0 Å². The van der Waals surface area contributed by atoms with Gasteiger partial charge in [0, 0.05) is 36.6 Å². The predicted molar refractivity (Wildman–Crippen MR) is 102 cm³/mol. The summed E-state index contributed by atoms with van der Waals surface area (Å²) in [7, 11) is 0. The summed E-state index contributed by atoms with van der Waals surface area (Å²) in [5.74, 6) is 1.45. The van der Waals surface area contributed by atoms with Crippen LogP contribution in [0, 0.1) is 0 Å². The lowest BCUT2D eigenvalue weighted by Gasteiger charge is -2.14. The topological polar surface area (TPSA) is 62.7 Å². The van der Waals surface area contributed by atoms with E-state index in [2.05, 4.69) is 51.6 Å². The van der Waals surface area contributed by atoms with Crippen LogP contribution in [0.25, 0.3) is 11.3 Å². The first-order chi connectivity index (χ1) is 12.2. The van der Waals surface area contributed by atoms with Gasteiger partial charge in [-0.25, -0.2) is 4.98 Å². The number of nitrogens with zero attached hydrogens (tertiary/aromatic N) is 3. The van der Waals surface area contributed by atoms with Gasteiger partial charge in [0.1, 0.15) is 5.82 Å². The fraction of sp³-hybridized carbons (Fsp3) is 0.250. The van der Waals surface area contributed by atoms with E-state index in [1.807, 2.05) is 36.4 Å². The average molecular weight is 333 g/mol. The smallest absolute Gasteiger partial charge is 0.225 e. The van der Waals surface area contributed by atoms with Crippen molar-refractivity contribution in [2.24, 2.45) is 0 Å². The fourth-order valence-electron chi connectivity index (χ4n) is 2.37. The lowest BCUT2D eigenvalue weighted by molar-refractivity contribution is 0.753. The van der Waals surface area contributed by atoms with E-state index in [-0.39, 0.29) is 0 Å². The molecule has 5 nitrogen and oxygen atoms in total. The van der Waals surface area contributed by atoms with E-state index in [1.54, 1.807) is 12.4 Å². The number of anilines is 2. The molecule has 1 unspecified atom stereocenters. The lowest BCUT2D eigenvalue weighted by atomic mass is 10.1. The van der Waals surface area contributed by atoms with Gasteiger partial charge >= 0.3 is 0 Å². The van der Waals surface area contributed by atoms with Gasteiger partial charge in [0.2, 0.25) is 5.95 Å². The monoisotopic (exact) mass is 333 g/mol. The molecule has 2 aromatic heterocycles. The molecule has 0 saturated heterocycles. The summed E-state index contributed by atoms with van der Waals surface area (Å²) in [5, 5.41) is 6.75. The van der Waals surface area contributed by atoms with E-state index in [1.165, 1.54) is 0 Å². The Labute approximate surface area is 148 Å². The van der Waals surface area contributed by atoms with Crippen molar-refractivity contribution in [2.45, 2.75) is 32.9 Å². The Balaban J connectivity index is 1.86. The van der Waals surface area contributed by atoms with Crippen molar-refractivity contribution < 1.29 is 0 Å². The summed E-state index contributed by atoms with van der Waals surface area (Å²) in [6.45, 7) is 4.96. The molecule has 0 bridgehead atoms. The number of rotatable bonds is 7. The SMILES string of the molecule is CCC(C)Nc1nc(NCc2ccncc2)cc(-c2ccccc2)n1. The van der Waals surface area contributed by atoms with Crippen LogP contribution in [0.5, 0.6) is 0 Å². The summed E-state index contributed by atoms with van der Waals surface area (Å²) < 4.78 is 0. The van der Waals surface area contributed by atoms with Crippen molar-refractivity contribution in [3.63, 3.8) is 0 Å². The molecule has 0 saturated carbocycles. The van der Waals surface area contributed by atoms with Crippen LogP contribution < -0.4 is 10.6 Å². The minimum Gasteiger partial charge on any atom is -0.366 e. The zero-order valence-electron chi connectivity index (χ0n) is 14.6. The molecule has 0 amide bonds. The molecule has 3 aromatic rings. The Kier molecular flexibility index (Phi) is 5.57. The van der Waals surface area contributed by atoms with Crippen LogP contribution >= 0.6 is 0 Å². The highest BCUT2D eigenvalue weighted by Crippen LogP contribution is 2.22. The Hall–Kier alpha value is -2.95. The zero-order valence-corrected chi connectivity index (χ0v) is 14.6. The standard InChI is InChI=1S/C20H23N5/c1-3-15(2)23-20-24-18(17-7-5-4-6-8-17)13-19(25-20)22-14-16-9-11-21-12-10-16/h4-13,15H,3,14H2,1-2H3,(H2,22,23,24,25). The van der Waals surface area contributed by atoms with Gasteiger partial charge in [-0.15, -0.1) is 0 Å². The van der Waals surface area contributed by atoms with E-state index in [0.717, 1.165) is 29.1 Å². The summed E-state index contributed by atoms with van der Waals surface area (Å²) in [4.78, 5) is 13.3. The quantitative estimate of drug-likeness (QED) is 0.672. The van der Waals surface area contributed by atoms with E-state index in [0.29, 0.717) is 18.5 Å². The minimum absolute atomic E-state index is 0.319. The lowest BCUT2D eigenvalue weighted by Crippen LogP contribution is -2.16. The molecule has 0 radical (unpaired) electrons. The maximum atomic E-state index is 4.67. The summed E-state index contributed by atoms with van der Waals surface area (Å²) in [6.07, 6.45) is 4.60. The molecule has 2 heterocycles. The number of aromatic nitrogens is 3. The molecule has 0 aliphatic rings. The molecular weight excluding hydrogens is 310 g/mol. The second-order valence-electron chi connectivity index (χ2n) is 5.99. The Morgan fingerprint density at radius 3 is 2.48 bits per heavy atom. The molecule has 2 N–H and O–H groups in total. The predicted octanol–water partition coefficient (Wildman–Crippen LogP) is 4.36. The molecule has 0 fully saturated rings. The first-order valence-corrected chi connectivity index (χ1v) is 8.58. The molecular formula is C20H23N5. The van der Waals surface area contributed by atoms with Crippen molar-refractivity contribution in [3.8, 4) is 11.3 Å². The van der Waals surface area contributed by atoms with E-state index in [4.69, 9.17) is 0 Å². The second kappa shape index (κ2) is 8.24. The van der Waals surface area contributed by atoms with E-state index in [9.17, 15) is 0 Å². The molecule has 3 rings (SSSR count). The second-order valence-corrected chi connectivity index (χ2v) is 5.99. The largest absolute Gasteiger partial charge is 0.366 e. The maximum absolute atomic E-state index is 4.67. The van der Waals surface area contributed by atoms with Crippen LogP contribution in [0.3, 0.4) is 0 Å². The molecule has 1 atom stereocenters. The van der Waals surface area contributed by atoms with Gasteiger partial charge in [-0.2, -0.15) is 4.98 Å². The molecule has 5 heteroatoms. The third-order valence-electron chi connectivity index (χ3n) is 4.01. The number of benzene rings is 1. The van der Waals surface area contributed by atoms with Crippen molar-refractivity contribution in [3.05, 3.63) is 66.5 Å². The summed E-state index contributed by atoms with van der Waals surface area (Å²) in [6, 6.07) is 16.4. The van der Waals surface area contributed by atoms with Crippen LogP contribution in [0.1, 0.15) is 25.8 Å². The third kappa shape index (κ3) is 4.76. The Morgan fingerprint density at radius 2 is 1.76 bits per heavy atom. The highest BCUT2D eigenvalue weighted by atomic mass is 15.2. The van der Waals surface area contributed by atoms with Gasteiger partial charge in [-0.1, -0.05) is 37.3 Å². The van der Waals surface area contributed by atoms with Gasteiger partial charge in [0.05, 0.1) is 5.69 Å². The van der Waals surface area contributed by atoms with Gasteiger partial charge in [0.25, 0.3) is 0 Å². The molecule has 0 spiro atoms. The maximum Gasteiger partial charge on any atom is 0.225 e. The minimum atomic E-state index is 0.319. The van der Waals surface area contributed by atoms with Crippen LogP contribution in [0.15, 0.2) is 60.9 Å². The third-order valence-corrected chi connectivity index (χ3v) is 4.01. The van der Waals surface area contributed by atoms with Gasteiger partial charge < -0.3 is 10.6 Å². The number of hydrogen-bond acceptors (Lipinski definition) is 5. The zero-order chi connectivity index (χ0) is 17.5. The molecule has 128 valence electrons.